The molecule has 1 aliphatic carbocycles. The zero-order chi connectivity index (χ0) is 19.3. The van der Waals surface area contributed by atoms with Gasteiger partial charge in [0.2, 0.25) is 5.91 Å². The van der Waals surface area contributed by atoms with Crippen molar-refractivity contribution in [3.05, 3.63) is 29.0 Å². The number of halogens is 1. The van der Waals surface area contributed by atoms with Crippen LogP contribution in [0.1, 0.15) is 24.8 Å². The topological polar surface area (TPSA) is 74.8 Å². The van der Waals surface area contributed by atoms with Gasteiger partial charge in [-0.15, -0.1) is 0 Å². The molecule has 150 valence electrons. The Bertz CT molecular complexity index is 789. The fourth-order valence-corrected chi connectivity index (χ4v) is 5.64. The van der Waals surface area contributed by atoms with Crippen molar-refractivity contribution in [1.29, 1.82) is 0 Å². The van der Waals surface area contributed by atoms with E-state index in [2.05, 4.69) is 10.3 Å². The molecule has 4 fully saturated rings. The Morgan fingerprint density at radius 2 is 2.14 bits per heavy atom. The van der Waals surface area contributed by atoms with E-state index in [4.69, 9.17) is 16.3 Å². The minimum atomic E-state index is -0.0890. The Morgan fingerprint density at radius 3 is 2.93 bits per heavy atom. The number of ether oxygens (including phenoxy) is 1. The first kappa shape index (κ1) is 18.2. The molecule has 4 aliphatic rings. The van der Waals surface area contributed by atoms with Crippen molar-refractivity contribution in [2.45, 2.75) is 37.8 Å². The fourth-order valence-electron chi connectivity index (χ4n) is 5.44. The molecule has 2 unspecified atom stereocenters. The summed E-state index contributed by atoms with van der Waals surface area (Å²) < 4.78 is 5.57. The van der Waals surface area contributed by atoms with Gasteiger partial charge in [-0.1, -0.05) is 11.6 Å². The second-order valence-electron chi connectivity index (χ2n) is 8.89. The number of hydrogen-bond acceptors (Lipinski definition) is 4. The van der Waals surface area contributed by atoms with E-state index in [0.29, 0.717) is 29.4 Å². The minimum Gasteiger partial charge on any atom is -0.366 e. The van der Waals surface area contributed by atoms with Crippen LogP contribution in [0, 0.1) is 11.3 Å². The number of pyridine rings is 1. The van der Waals surface area contributed by atoms with Crippen LogP contribution >= 0.6 is 11.6 Å². The van der Waals surface area contributed by atoms with Crippen molar-refractivity contribution in [3.63, 3.8) is 0 Å². The molecule has 1 saturated carbocycles. The maximum Gasteiger partial charge on any atom is 0.320 e. The first-order valence-corrected chi connectivity index (χ1v) is 10.4. The highest BCUT2D eigenvalue weighted by Gasteiger charge is 2.54. The lowest BCUT2D eigenvalue weighted by molar-refractivity contribution is -0.140. The number of amides is 3. The predicted octanol–water partition coefficient (Wildman–Crippen LogP) is 1.70. The maximum absolute atomic E-state index is 12.8. The van der Waals surface area contributed by atoms with Gasteiger partial charge in [-0.05, 0) is 43.2 Å². The largest absolute Gasteiger partial charge is 0.366 e. The van der Waals surface area contributed by atoms with E-state index in [0.717, 1.165) is 38.8 Å². The van der Waals surface area contributed by atoms with Crippen molar-refractivity contribution in [3.8, 4) is 0 Å². The average Bonchev–Trinajstić information content (AvgIpc) is 2.61. The van der Waals surface area contributed by atoms with Gasteiger partial charge in [-0.3, -0.25) is 9.78 Å². The molecule has 0 bridgehead atoms. The van der Waals surface area contributed by atoms with Crippen molar-refractivity contribution in [2.24, 2.45) is 11.3 Å². The van der Waals surface area contributed by atoms with Crippen LogP contribution in [0.2, 0.25) is 5.02 Å². The van der Waals surface area contributed by atoms with Crippen LogP contribution in [0.5, 0.6) is 0 Å². The number of nitrogens with one attached hydrogen (secondary N) is 1. The van der Waals surface area contributed by atoms with E-state index in [-0.39, 0.29) is 30.7 Å². The van der Waals surface area contributed by atoms with Crippen molar-refractivity contribution in [1.82, 2.24) is 20.1 Å². The number of piperidine rings is 1. The molecule has 1 spiro atoms. The maximum atomic E-state index is 12.8. The van der Waals surface area contributed by atoms with E-state index in [1.54, 1.807) is 6.20 Å². The quantitative estimate of drug-likeness (QED) is 0.814. The molecule has 7 nitrogen and oxygen atoms in total. The first-order chi connectivity index (χ1) is 13.5. The van der Waals surface area contributed by atoms with Crippen molar-refractivity contribution >= 4 is 23.5 Å². The Kier molecular flexibility index (Phi) is 4.47. The molecule has 4 heterocycles. The van der Waals surface area contributed by atoms with Gasteiger partial charge in [0.1, 0.15) is 6.61 Å². The number of aromatic nitrogens is 1. The van der Waals surface area contributed by atoms with Gasteiger partial charge in [0, 0.05) is 44.0 Å². The molecule has 1 aromatic rings. The third kappa shape index (κ3) is 3.35. The smallest absolute Gasteiger partial charge is 0.320 e. The number of urea groups is 1. The van der Waals surface area contributed by atoms with Gasteiger partial charge in [0.25, 0.3) is 0 Å². The number of carbonyl (C=O) groups is 2. The highest BCUT2D eigenvalue weighted by Crippen LogP contribution is 2.53. The molecule has 3 saturated heterocycles. The number of nitrogens with zero attached hydrogens (tertiary/aromatic N) is 3. The van der Waals surface area contributed by atoms with Gasteiger partial charge in [-0.25, -0.2) is 4.79 Å². The standard InChI is InChI=1S/C20H25ClN4O3/c21-15-4-13(7-22-8-15)3-14-5-20(6-14)11-25(12-20)19(27)24-2-1-17-16(9-24)23-18(26)10-28-17/h4,7-8,14,16-17H,1-3,5-6,9-12H2,(H,23,26). The average molecular weight is 405 g/mol. The zero-order valence-electron chi connectivity index (χ0n) is 15.8. The first-order valence-electron chi connectivity index (χ1n) is 10.0. The van der Waals surface area contributed by atoms with Crippen LogP contribution in [0.25, 0.3) is 0 Å². The van der Waals surface area contributed by atoms with E-state index in [1.165, 1.54) is 5.56 Å². The van der Waals surface area contributed by atoms with E-state index < -0.39 is 0 Å². The molecule has 3 amide bonds. The number of carbonyl (C=O) groups excluding carboxylic acids is 2. The second kappa shape index (κ2) is 6.88. The number of rotatable bonds is 2. The SMILES string of the molecule is O=C1COC2CCN(C(=O)N3CC4(CC(Cc5cncc(Cl)c5)C4)C3)CC2N1. The van der Waals surface area contributed by atoms with Crippen LogP contribution < -0.4 is 5.32 Å². The summed E-state index contributed by atoms with van der Waals surface area (Å²) in [6.45, 7) is 3.08. The molecule has 28 heavy (non-hydrogen) atoms. The van der Waals surface area contributed by atoms with Crippen LogP contribution in [0.4, 0.5) is 4.79 Å². The summed E-state index contributed by atoms with van der Waals surface area (Å²) in [5, 5.41) is 3.65. The highest BCUT2D eigenvalue weighted by molar-refractivity contribution is 6.30. The number of fused-ring (bicyclic) bond motifs is 1. The Hall–Kier alpha value is -1.86. The highest BCUT2D eigenvalue weighted by atomic mass is 35.5. The van der Waals surface area contributed by atoms with Crippen LogP contribution in [0.15, 0.2) is 18.5 Å². The molecular weight excluding hydrogens is 380 g/mol. The Labute approximate surface area is 169 Å². The van der Waals surface area contributed by atoms with Crippen LogP contribution in [-0.4, -0.2) is 71.7 Å². The van der Waals surface area contributed by atoms with Crippen molar-refractivity contribution < 1.29 is 14.3 Å². The molecule has 3 aliphatic heterocycles. The van der Waals surface area contributed by atoms with Gasteiger partial charge in [0.15, 0.2) is 0 Å². The molecule has 1 aromatic heterocycles. The molecule has 2 atom stereocenters. The summed E-state index contributed by atoms with van der Waals surface area (Å²) in [5.74, 6) is 0.566. The second-order valence-corrected chi connectivity index (χ2v) is 9.32. The normalized spacial score (nSPS) is 29.0. The molecule has 0 radical (unpaired) electrons. The third-order valence-corrected chi connectivity index (χ3v) is 6.85. The molecular formula is C20H25ClN4O3. The third-order valence-electron chi connectivity index (χ3n) is 6.65. The van der Waals surface area contributed by atoms with Crippen LogP contribution in [-0.2, 0) is 16.0 Å². The predicted molar refractivity (Wildman–Crippen MR) is 103 cm³/mol. The molecule has 8 heteroatoms. The van der Waals surface area contributed by atoms with Crippen LogP contribution in [0.3, 0.4) is 0 Å². The summed E-state index contributed by atoms with van der Waals surface area (Å²) in [4.78, 5) is 32.4. The zero-order valence-corrected chi connectivity index (χ0v) is 16.5. The number of hydrogen-bond donors (Lipinski definition) is 1. The summed E-state index contributed by atoms with van der Waals surface area (Å²) in [5.41, 5.74) is 1.51. The lowest BCUT2D eigenvalue weighted by Gasteiger charge is -2.60. The monoisotopic (exact) mass is 404 g/mol. The van der Waals surface area contributed by atoms with Gasteiger partial charge >= 0.3 is 6.03 Å². The Balaban J connectivity index is 1.10. The summed E-state index contributed by atoms with van der Waals surface area (Å²) in [7, 11) is 0. The van der Waals surface area contributed by atoms with Crippen molar-refractivity contribution in [2.75, 3.05) is 32.8 Å². The lowest BCUT2D eigenvalue weighted by Crippen LogP contribution is -2.68. The van der Waals surface area contributed by atoms with Gasteiger partial charge < -0.3 is 19.9 Å². The lowest BCUT2D eigenvalue weighted by atomic mass is 9.56. The summed E-state index contributed by atoms with van der Waals surface area (Å²) >= 11 is 6.02. The minimum absolute atomic E-state index is 0.0397. The number of morpholine rings is 1. The summed E-state index contributed by atoms with van der Waals surface area (Å²) in [6.07, 6.45) is 7.72. The fraction of sp³-hybridized carbons (Fsp3) is 0.650. The molecule has 1 N–H and O–H groups in total. The van der Waals surface area contributed by atoms with E-state index in [9.17, 15) is 9.59 Å². The Morgan fingerprint density at radius 1 is 1.32 bits per heavy atom. The van der Waals surface area contributed by atoms with E-state index >= 15 is 0 Å². The molecule has 5 rings (SSSR count). The van der Waals surface area contributed by atoms with Gasteiger partial charge in [-0.2, -0.15) is 0 Å². The van der Waals surface area contributed by atoms with Gasteiger partial charge in [0.05, 0.1) is 17.2 Å². The van der Waals surface area contributed by atoms with E-state index in [1.807, 2.05) is 22.1 Å². The molecule has 0 aromatic carbocycles. The summed E-state index contributed by atoms with van der Waals surface area (Å²) in [6, 6.07) is 2.02. The number of likely N-dealkylation sites (tertiary alicyclic amines) is 2.